The number of carbonyl (C=O) groups excluding carboxylic acids is 2. The highest BCUT2D eigenvalue weighted by Gasteiger charge is 2.29. The molecule has 7 heteroatoms. The van der Waals surface area contributed by atoms with Crippen molar-refractivity contribution in [2.75, 3.05) is 19.1 Å². The summed E-state index contributed by atoms with van der Waals surface area (Å²) >= 11 is 3.20. The number of rotatable bonds is 5. The van der Waals surface area contributed by atoms with Gasteiger partial charge in [-0.2, -0.15) is 16.8 Å². The van der Waals surface area contributed by atoms with Crippen LogP contribution in [0.25, 0.3) is 10.2 Å². The molecule has 23 heavy (non-hydrogen) atoms. The predicted octanol–water partition coefficient (Wildman–Crippen LogP) is 2.69. The average molecular weight is 350 g/mol. The number of fused-ring (bicyclic) bond motifs is 1. The van der Waals surface area contributed by atoms with Crippen LogP contribution in [0.1, 0.15) is 23.2 Å². The van der Waals surface area contributed by atoms with Gasteiger partial charge in [0.2, 0.25) is 0 Å². The van der Waals surface area contributed by atoms with Gasteiger partial charge in [-0.3, -0.25) is 4.79 Å². The minimum Gasteiger partial charge on any atom is -0.465 e. The molecule has 1 aliphatic rings. The lowest BCUT2D eigenvalue weighted by Gasteiger charge is -2.04. The summed E-state index contributed by atoms with van der Waals surface area (Å²) in [6.45, 7) is 0.787. The smallest absolute Gasteiger partial charge is 0.337 e. The molecule has 3 rings (SSSR count). The van der Waals surface area contributed by atoms with E-state index in [9.17, 15) is 9.59 Å². The van der Waals surface area contributed by atoms with Crippen molar-refractivity contribution in [2.45, 2.75) is 19.4 Å². The molecule has 1 saturated carbocycles. The number of ether oxygens (including phenoxy) is 1. The van der Waals surface area contributed by atoms with E-state index in [2.05, 4.69) is 15.8 Å². The summed E-state index contributed by atoms with van der Waals surface area (Å²) in [6, 6.07) is 5.46. The number of aromatic nitrogens is 1. The number of thiazole rings is 1. The lowest BCUT2D eigenvalue weighted by molar-refractivity contribution is -0.119. The standard InChI is InChI=1S/C16H18N2O3S2/c1-21-15(20)11-5-6-12-13(9-11)23-16(18(12)7-8-22-2)17-14(19)10-3-4-10/h5-6,9-10H,3-4,7-8H2,1-2H3. The summed E-state index contributed by atoms with van der Waals surface area (Å²) in [5, 5.41) is 0. The van der Waals surface area contributed by atoms with Crippen molar-refractivity contribution < 1.29 is 14.3 Å². The summed E-state index contributed by atoms with van der Waals surface area (Å²) in [5.74, 6) is 0.668. The van der Waals surface area contributed by atoms with Crippen LogP contribution in [0.5, 0.6) is 0 Å². The number of nitrogens with zero attached hydrogens (tertiary/aromatic N) is 2. The van der Waals surface area contributed by atoms with Crippen molar-refractivity contribution in [1.29, 1.82) is 0 Å². The first-order chi connectivity index (χ1) is 11.1. The van der Waals surface area contributed by atoms with Crippen LogP contribution in [0.3, 0.4) is 0 Å². The predicted molar refractivity (Wildman–Crippen MR) is 92.8 cm³/mol. The molecule has 2 aromatic rings. The van der Waals surface area contributed by atoms with Gasteiger partial charge < -0.3 is 9.30 Å². The van der Waals surface area contributed by atoms with Gasteiger partial charge in [0.05, 0.1) is 22.9 Å². The molecule has 0 bridgehead atoms. The Labute approximate surface area is 142 Å². The van der Waals surface area contributed by atoms with Crippen LogP contribution in [0.4, 0.5) is 0 Å². The molecule has 0 radical (unpaired) electrons. The lowest BCUT2D eigenvalue weighted by Crippen LogP contribution is -2.18. The molecular weight excluding hydrogens is 332 g/mol. The quantitative estimate of drug-likeness (QED) is 0.778. The van der Waals surface area contributed by atoms with Crippen molar-refractivity contribution in [3.05, 3.63) is 28.6 Å². The Morgan fingerprint density at radius 2 is 2.22 bits per heavy atom. The summed E-state index contributed by atoms with van der Waals surface area (Å²) < 4.78 is 7.78. The van der Waals surface area contributed by atoms with Gasteiger partial charge >= 0.3 is 5.97 Å². The third-order valence-corrected chi connectivity index (χ3v) is 5.39. The first-order valence-electron chi connectivity index (χ1n) is 7.43. The molecule has 0 unspecified atom stereocenters. The molecule has 0 atom stereocenters. The van der Waals surface area contributed by atoms with Gasteiger partial charge in [-0.15, -0.1) is 0 Å². The molecule has 1 heterocycles. The Morgan fingerprint density at radius 1 is 1.43 bits per heavy atom. The van der Waals surface area contributed by atoms with E-state index < -0.39 is 0 Å². The second-order valence-electron chi connectivity index (χ2n) is 5.43. The van der Waals surface area contributed by atoms with E-state index in [4.69, 9.17) is 4.74 Å². The fourth-order valence-electron chi connectivity index (χ4n) is 2.32. The SMILES string of the molecule is COC(=O)c1ccc2c(c1)sc(=NC(=O)C1CC1)n2CCSC. The molecule has 0 aliphatic heterocycles. The van der Waals surface area contributed by atoms with Gasteiger partial charge in [0.1, 0.15) is 0 Å². The average Bonchev–Trinajstić information content (AvgIpc) is 3.35. The second kappa shape index (κ2) is 6.88. The normalized spacial score (nSPS) is 15.1. The lowest BCUT2D eigenvalue weighted by atomic mass is 10.2. The maximum absolute atomic E-state index is 12.0. The van der Waals surface area contributed by atoms with Crippen molar-refractivity contribution in [1.82, 2.24) is 4.57 Å². The Balaban J connectivity index is 2.09. The number of thioether (sulfide) groups is 1. The molecule has 5 nitrogen and oxygen atoms in total. The maximum Gasteiger partial charge on any atom is 0.337 e. The highest BCUT2D eigenvalue weighted by molar-refractivity contribution is 7.98. The van der Waals surface area contributed by atoms with Gasteiger partial charge in [-0.1, -0.05) is 11.3 Å². The number of hydrogen-bond donors (Lipinski definition) is 0. The number of esters is 1. The Morgan fingerprint density at radius 3 is 2.87 bits per heavy atom. The topological polar surface area (TPSA) is 60.7 Å². The summed E-state index contributed by atoms with van der Waals surface area (Å²) in [6.07, 6.45) is 3.95. The molecule has 0 saturated heterocycles. The zero-order valence-corrected chi connectivity index (χ0v) is 14.7. The molecule has 0 N–H and O–H groups in total. The van der Waals surface area contributed by atoms with Crippen LogP contribution in [0.2, 0.25) is 0 Å². The fraction of sp³-hybridized carbons (Fsp3) is 0.438. The number of methoxy groups -OCH3 is 1. The van der Waals surface area contributed by atoms with Gasteiger partial charge in [-0.25, -0.2) is 4.79 Å². The zero-order valence-electron chi connectivity index (χ0n) is 13.1. The van der Waals surface area contributed by atoms with E-state index in [1.165, 1.54) is 18.4 Å². The zero-order chi connectivity index (χ0) is 16.4. The van der Waals surface area contributed by atoms with Crippen LogP contribution < -0.4 is 4.80 Å². The molecular formula is C16H18N2O3S2. The first kappa shape index (κ1) is 16.3. The van der Waals surface area contributed by atoms with Crippen LogP contribution in [0.15, 0.2) is 23.2 Å². The molecule has 1 amide bonds. The highest BCUT2D eigenvalue weighted by atomic mass is 32.2. The monoisotopic (exact) mass is 350 g/mol. The third kappa shape index (κ3) is 3.50. The molecule has 1 fully saturated rings. The largest absolute Gasteiger partial charge is 0.465 e. The Hall–Kier alpha value is -1.60. The van der Waals surface area contributed by atoms with Crippen molar-refractivity contribution in [3.8, 4) is 0 Å². The number of carbonyl (C=O) groups is 2. The van der Waals surface area contributed by atoms with E-state index in [0.717, 1.165) is 35.4 Å². The minimum absolute atomic E-state index is 0.0253. The second-order valence-corrected chi connectivity index (χ2v) is 7.42. The van der Waals surface area contributed by atoms with Crippen molar-refractivity contribution in [3.63, 3.8) is 0 Å². The van der Waals surface area contributed by atoms with Crippen LogP contribution >= 0.6 is 23.1 Å². The summed E-state index contributed by atoms with van der Waals surface area (Å²) in [5.41, 5.74) is 1.51. The number of aryl methyl sites for hydroxylation is 1. The van der Waals surface area contributed by atoms with E-state index >= 15 is 0 Å². The Kier molecular flexibility index (Phi) is 4.87. The van der Waals surface area contributed by atoms with E-state index in [1.807, 2.05) is 12.1 Å². The van der Waals surface area contributed by atoms with Crippen LogP contribution in [0, 0.1) is 5.92 Å². The summed E-state index contributed by atoms with van der Waals surface area (Å²) in [4.78, 5) is 28.8. The number of benzene rings is 1. The van der Waals surface area contributed by atoms with Gasteiger partial charge in [0, 0.05) is 18.2 Å². The highest BCUT2D eigenvalue weighted by Crippen LogP contribution is 2.30. The van der Waals surface area contributed by atoms with Gasteiger partial charge in [-0.05, 0) is 37.3 Å². The maximum atomic E-state index is 12.0. The summed E-state index contributed by atoms with van der Waals surface area (Å²) in [7, 11) is 1.37. The van der Waals surface area contributed by atoms with E-state index in [1.54, 1.807) is 17.8 Å². The number of hydrogen-bond acceptors (Lipinski definition) is 5. The van der Waals surface area contributed by atoms with E-state index in [-0.39, 0.29) is 17.8 Å². The van der Waals surface area contributed by atoms with Crippen LogP contribution in [-0.4, -0.2) is 35.6 Å². The van der Waals surface area contributed by atoms with Gasteiger partial charge in [0.25, 0.3) is 5.91 Å². The first-order valence-corrected chi connectivity index (χ1v) is 9.64. The van der Waals surface area contributed by atoms with E-state index in [0.29, 0.717) is 10.4 Å². The molecule has 122 valence electrons. The number of amides is 1. The molecule has 1 aromatic heterocycles. The molecule has 0 spiro atoms. The minimum atomic E-state index is -0.358. The fourth-order valence-corrected chi connectivity index (χ4v) is 3.78. The van der Waals surface area contributed by atoms with Gasteiger partial charge in [0.15, 0.2) is 4.80 Å². The Bertz CT molecular complexity index is 818. The van der Waals surface area contributed by atoms with Crippen molar-refractivity contribution in [2.24, 2.45) is 10.9 Å². The molecule has 1 aromatic carbocycles. The van der Waals surface area contributed by atoms with Crippen molar-refractivity contribution >= 4 is 45.2 Å². The third-order valence-electron chi connectivity index (χ3n) is 3.76. The molecule has 1 aliphatic carbocycles. The van der Waals surface area contributed by atoms with Crippen LogP contribution in [-0.2, 0) is 16.1 Å².